The Morgan fingerprint density at radius 2 is 1.86 bits per heavy atom. The maximum atomic E-state index is 13.0. The van der Waals surface area contributed by atoms with Gasteiger partial charge in [0.25, 0.3) is 5.56 Å². The summed E-state index contributed by atoms with van der Waals surface area (Å²) < 4.78 is 8.84. The third kappa shape index (κ3) is 3.43. The maximum Gasteiger partial charge on any atom is 0.262 e. The van der Waals surface area contributed by atoms with Gasteiger partial charge in [0.05, 0.1) is 10.9 Å². The average Bonchev–Trinajstić information content (AvgIpc) is 3.14. The van der Waals surface area contributed by atoms with Gasteiger partial charge in [-0.15, -0.1) is 10.2 Å². The number of ether oxygens (including phenoxy) is 1. The summed E-state index contributed by atoms with van der Waals surface area (Å²) in [5.41, 5.74) is 3.32. The van der Waals surface area contributed by atoms with Crippen molar-refractivity contribution in [1.82, 2.24) is 19.2 Å². The molecule has 0 aliphatic carbocycles. The number of benzene rings is 2. The first-order valence-corrected chi connectivity index (χ1v) is 10.2. The van der Waals surface area contributed by atoms with Crippen molar-refractivity contribution in [3.63, 3.8) is 0 Å². The number of hydrogen-bond donors (Lipinski definition) is 0. The van der Waals surface area contributed by atoms with Crippen LogP contribution in [0.3, 0.4) is 0 Å². The molecule has 6 nitrogen and oxygen atoms in total. The molecule has 0 saturated carbocycles. The highest BCUT2D eigenvalue weighted by Gasteiger charge is 2.16. The number of aromatic nitrogens is 4. The zero-order valence-corrected chi connectivity index (χ0v) is 16.8. The number of thioether (sulfide) groups is 1. The lowest BCUT2D eigenvalue weighted by Crippen LogP contribution is -2.24. The molecule has 0 bridgehead atoms. The molecule has 0 N–H and O–H groups in total. The molecule has 4 aromatic rings. The minimum absolute atomic E-state index is 0.0398. The number of nitrogens with zero attached hydrogens (tertiary/aromatic N) is 4. The molecule has 7 heteroatoms. The zero-order chi connectivity index (χ0) is 19.5. The van der Waals surface area contributed by atoms with Crippen LogP contribution in [-0.4, -0.2) is 32.9 Å². The third-order valence-corrected chi connectivity index (χ3v) is 5.80. The van der Waals surface area contributed by atoms with Crippen LogP contribution in [0.25, 0.3) is 16.7 Å². The molecule has 28 heavy (non-hydrogen) atoms. The van der Waals surface area contributed by atoms with Crippen LogP contribution in [0.5, 0.6) is 0 Å². The molecule has 0 aliphatic rings. The second kappa shape index (κ2) is 8.16. The predicted molar refractivity (Wildman–Crippen MR) is 112 cm³/mol. The van der Waals surface area contributed by atoms with E-state index in [1.807, 2.05) is 40.8 Å². The molecule has 0 aliphatic heterocycles. The molecule has 2 aromatic heterocycles. The van der Waals surface area contributed by atoms with Crippen molar-refractivity contribution in [3.8, 4) is 0 Å². The van der Waals surface area contributed by atoms with Crippen LogP contribution in [0, 0.1) is 6.92 Å². The quantitative estimate of drug-likeness (QED) is 0.353. The Kier molecular flexibility index (Phi) is 5.45. The number of rotatable bonds is 7. The van der Waals surface area contributed by atoms with Crippen molar-refractivity contribution in [2.75, 3.05) is 13.7 Å². The van der Waals surface area contributed by atoms with Gasteiger partial charge in [0.2, 0.25) is 5.78 Å². The normalized spacial score (nSPS) is 11.5. The summed E-state index contributed by atoms with van der Waals surface area (Å²) >= 11 is 1.63. The van der Waals surface area contributed by atoms with Crippen molar-refractivity contribution in [2.24, 2.45) is 0 Å². The Labute approximate surface area is 167 Å². The molecule has 0 atom stereocenters. The fourth-order valence-corrected chi connectivity index (χ4v) is 4.33. The lowest BCUT2D eigenvalue weighted by molar-refractivity contribution is 0.190. The average molecular weight is 395 g/mol. The highest BCUT2D eigenvalue weighted by atomic mass is 32.2. The molecule has 0 fully saturated rings. The first-order valence-electron chi connectivity index (χ1n) is 9.23. The molecule has 0 spiro atoms. The molecule has 0 unspecified atom stereocenters. The Morgan fingerprint density at radius 1 is 1.07 bits per heavy atom. The number of methoxy groups -OCH3 is 1. The molecule has 0 saturated heterocycles. The Morgan fingerprint density at radius 3 is 2.68 bits per heavy atom. The molecular formula is C21H22N4O2S. The van der Waals surface area contributed by atoms with Crippen LogP contribution >= 0.6 is 11.8 Å². The summed E-state index contributed by atoms with van der Waals surface area (Å²) in [6.07, 6.45) is 0.739. The van der Waals surface area contributed by atoms with Gasteiger partial charge in [0, 0.05) is 26.0 Å². The molecule has 2 aromatic carbocycles. The summed E-state index contributed by atoms with van der Waals surface area (Å²) in [5.74, 6) is 1.37. The molecular weight excluding hydrogens is 372 g/mol. The first-order chi connectivity index (χ1) is 13.7. The van der Waals surface area contributed by atoms with Gasteiger partial charge in [-0.3, -0.25) is 13.8 Å². The van der Waals surface area contributed by atoms with Gasteiger partial charge in [0.1, 0.15) is 0 Å². The van der Waals surface area contributed by atoms with Crippen molar-refractivity contribution < 1.29 is 4.74 Å². The first kappa shape index (κ1) is 18.7. The molecule has 144 valence electrons. The minimum Gasteiger partial charge on any atom is -0.385 e. The van der Waals surface area contributed by atoms with E-state index >= 15 is 0 Å². The van der Waals surface area contributed by atoms with Gasteiger partial charge in [-0.05, 0) is 36.6 Å². The van der Waals surface area contributed by atoms with E-state index in [1.54, 1.807) is 23.4 Å². The summed E-state index contributed by atoms with van der Waals surface area (Å²) in [6, 6.07) is 16.0. The van der Waals surface area contributed by atoms with Crippen molar-refractivity contribution >= 4 is 28.4 Å². The van der Waals surface area contributed by atoms with E-state index in [2.05, 4.69) is 29.3 Å². The van der Waals surface area contributed by atoms with Crippen LogP contribution in [0.1, 0.15) is 17.5 Å². The number of para-hydroxylation sites is 1. The third-order valence-electron chi connectivity index (χ3n) is 4.83. The molecule has 2 heterocycles. The Hall–Kier alpha value is -2.64. The monoisotopic (exact) mass is 394 g/mol. The van der Waals surface area contributed by atoms with Crippen LogP contribution in [0.4, 0.5) is 0 Å². The molecule has 4 rings (SSSR count). The largest absolute Gasteiger partial charge is 0.385 e. The fourth-order valence-electron chi connectivity index (χ4n) is 3.31. The van der Waals surface area contributed by atoms with Gasteiger partial charge in [0.15, 0.2) is 5.16 Å². The van der Waals surface area contributed by atoms with E-state index in [9.17, 15) is 4.79 Å². The van der Waals surface area contributed by atoms with Crippen molar-refractivity contribution in [1.29, 1.82) is 0 Å². The number of aryl methyl sites for hydroxylation is 2. The van der Waals surface area contributed by atoms with E-state index in [0.717, 1.165) is 22.8 Å². The standard InChI is InChI=1S/C21H22N4O2S/c1-15-8-3-4-9-16(15)14-28-21-23-22-20-24(12-7-13-27-2)19(26)17-10-5-6-11-18(17)25(20)21/h3-6,8-11H,7,12-14H2,1-2H3. The summed E-state index contributed by atoms with van der Waals surface area (Å²) in [5, 5.41) is 10.2. The lowest BCUT2D eigenvalue weighted by Gasteiger charge is -2.11. The van der Waals surface area contributed by atoms with E-state index in [0.29, 0.717) is 24.3 Å². The van der Waals surface area contributed by atoms with E-state index in [4.69, 9.17) is 4.74 Å². The van der Waals surface area contributed by atoms with Gasteiger partial charge < -0.3 is 4.74 Å². The van der Waals surface area contributed by atoms with Gasteiger partial charge in [-0.2, -0.15) is 0 Å². The Balaban J connectivity index is 1.80. The highest BCUT2D eigenvalue weighted by Crippen LogP contribution is 2.25. The second-order valence-electron chi connectivity index (χ2n) is 6.65. The fraction of sp³-hybridized carbons (Fsp3) is 0.286. The Bertz CT molecular complexity index is 1180. The minimum atomic E-state index is -0.0398. The van der Waals surface area contributed by atoms with Crippen LogP contribution in [-0.2, 0) is 17.0 Å². The lowest BCUT2D eigenvalue weighted by atomic mass is 10.1. The number of hydrogen-bond acceptors (Lipinski definition) is 5. The van der Waals surface area contributed by atoms with E-state index in [1.165, 1.54) is 11.1 Å². The summed E-state index contributed by atoms with van der Waals surface area (Å²) in [7, 11) is 1.66. The number of fused-ring (bicyclic) bond motifs is 3. The van der Waals surface area contributed by atoms with Crippen LogP contribution in [0.2, 0.25) is 0 Å². The SMILES string of the molecule is COCCCn1c(=O)c2ccccc2n2c(SCc3ccccc3C)nnc12. The topological polar surface area (TPSA) is 61.4 Å². The molecule has 0 radical (unpaired) electrons. The van der Waals surface area contributed by atoms with Crippen molar-refractivity contribution in [3.05, 3.63) is 70.0 Å². The summed E-state index contributed by atoms with van der Waals surface area (Å²) in [4.78, 5) is 13.0. The van der Waals surface area contributed by atoms with Gasteiger partial charge in [-0.25, -0.2) is 0 Å². The van der Waals surface area contributed by atoms with Crippen LogP contribution in [0.15, 0.2) is 58.5 Å². The second-order valence-corrected chi connectivity index (χ2v) is 7.60. The zero-order valence-electron chi connectivity index (χ0n) is 16.0. The maximum absolute atomic E-state index is 13.0. The van der Waals surface area contributed by atoms with Crippen molar-refractivity contribution in [2.45, 2.75) is 30.8 Å². The van der Waals surface area contributed by atoms with Gasteiger partial charge in [-0.1, -0.05) is 48.2 Å². The van der Waals surface area contributed by atoms with Crippen LogP contribution < -0.4 is 5.56 Å². The highest BCUT2D eigenvalue weighted by molar-refractivity contribution is 7.98. The summed E-state index contributed by atoms with van der Waals surface area (Å²) in [6.45, 7) is 3.25. The van der Waals surface area contributed by atoms with E-state index < -0.39 is 0 Å². The smallest absolute Gasteiger partial charge is 0.262 e. The van der Waals surface area contributed by atoms with E-state index in [-0.39, 0.29) is 5.56 Å². The van der Waals surface area contributed by atoms with Gasteiger partial charge >= 0.3 is 0 Å². The molecule has 0 amide bonds. The predicted octanol–water partition coefficient (Wildman–Crippen LogP) is 3.68.